The number of allylic oxidation sites excluding steroid dienone is 1. The van der Waals surface area contributed by atoms with Crippen molar-refractivity contribution in [3.8, 4) is 0 Å². The van der Waals surface area contributed by atoms with Gasteiger partial charge in [-0.2, -0.15) is 0 Å². The van der Waals surface area contributed by atoms with E-state index in [4.69, 9.17) is 14.2 Å². The van der Waals surface area contributed by atoms with E-state index in [1.54, 1.807) is 0 Å². The normalized spacial score (nSPS) is 29.6. The van der Waals surface area contributed by atoms with Gasteiger partial charge in [-0.15, -0.1) is 0 Å². The molecule has 24 heavy (non-hydrogen) atoms. The van der Waals surface area contributed by atoms with E-state index >= 15 is 0 Å². The topological polar surface area (TPSA) is 44.8 Å². The van der Waals surface area contributed by atoms with Crippen LogP contribution < -0.4 is 0 Å². The summed E-state index contributed by atoms with van der Waals surface area (Å²) in [5, 5.41) is 0. The molecule has 1 aromatic rings. The van der Waals surface area contributed by atoms with Gasteiger partial charge in [-0.3, -0.25) is 4.79 Å². The lowest BCUT2D eigenvalue weighted by Gasteiger charge is -2.21. The second kappa shape index (κ2) is 7.08. The van der Waals surface area contributed by atoms with E-state index < -0.39 is 5.79 Å². The SMILES string of the molecule is C/C=C1\[C@H](CC(=O)OCCc2ccccc2)C[C@H]2OC(C)(C)O[C@@H]12. The molecule has 0 bridgehead atoms. The highest BCUT2D eigenvalue weighted by atomic mass is 16.8. The number of ether oxygens (including phenoxy) is 3. The number of benzene rings is 1. The zero-order chi connectivity index (χ0) is 17.2. The Hall–Kier alpha value is -1.65. The van der Waals surface area contributed by atoms with Crippen LogP contribution in [0.4, 0.5) is 0 Å². The van der Waals surface area contributed by atoms with Crippen molar-refractivity contribution in [3.05, 3.63) is 47.5 Å². The molecule has 1 heterocycles. The van der Waals surface area contributed by atoms with Crippen molar-refractivity contribution < 1.29 is 19.0 Å². The van der Waals surface area contributed by atoms with Crippen molar-refractivity contribution in [2.45, 2.75) is 58.0 Å². The quantitative estimate of drug-likeness (QED) is 0.611. The largest absolute Gasteiger partial charge is 0.465 e. The molecule has 0 radical (unpaired) electrons. The van der Waals surface area contributed by atoms with E-state index in [1.165, 1.54) is 11.1 Å². The first-order chi connectivity index (χ1) is 11.5. The second-order valence-corrected chi connectivity index (χ2v) is 6.98. The highest BCUT2D eigenvalue weighted by Crippen LogP contribution is 2.45. The van der Waals surface area contributed by atoms with E-state index in [0.717, 1.165) is 12.8 Å². The van der Waals surface area contributed by atoms with Crippen LogP contribution in [0, 0.1) is 5.92 Å². The van der Waals surface area contributed by atoms with Gasteiger partial charge >= 0.3 is 5.97 Å². The Balaban J connectivity index is 1.48. The molecule has 4 nitrogen and oxygen atoms in total. The molecule has 0 amide bonds. The Morgan fingerprint density at radius 1 is 1.29 bits per heavy atom. The predicted octanol–water partition coefficient (Wildman–Crippen LogP) is 3.65. The van der Waals surface area contributed by atoms with Gasteiger partial charge in [-0.05, 0) is 44.2 Å². The van der Waals surface area contributed by atoms with Gasteiger partial charge in [0.15, 0.2) is 5.79 Å². The van der Waals surface area contributed by atoms with Crippen molar-refractivity contribution in [1.29, 1.82) is 0 Å². The zero-order valence-corrected chi connectivity index (χ0v) is 14.7. The molecule has 1 saturated carbocycles. The van der Waals surface area contributed by atoms with Crippen LogP contribution in [-0.4, -0.2) is 30.6 Å². The van der Waals surface area contributed by atoms with Gasteiger partial charge in [-0.1, -0.05) is 36.4 Å². The number of hydrogen-bond donors (Lipinski definition) is 0. The van der Waals surface area contributed by atoms with Crippen LogP contribution in [0.2, 0.25) is 0 Å². The second-order valence-electron chi connectivity index (χ2n) is 6.98. The summed E-state index contributed by atoms with van der Waals surface area (Å²) in [7, 11) is 0. The maximum atomic E-state index is 12.2. The smallest absolute Gasteiger partial charge is 0.306 e. The molecule has 130 valence electrons. The van der Waals surface area contributed by atoms with E-state index in [1.807, 2.05) is 51.1 Å². The number of fused-ring (bicyclic) bond motifs is 1. The van der Waals surface area contributed by atoms with Crippen molar-refractivity contribution in [2.75, 3.05) is 6.61 Å². The molecule has 0 aromatic heterocycles. The molecule has 2 fully saturated rings. The predicted molar refractivity (Wildman–Crippen MR) is 91.4 cm³/mol. The maximum absolute atomic E-state index is 12.2. The third kappa shape index (κ3) is 3.87. The van der Waals surface area contributed by atoms with E-state index in [9.17, 15) is 4.79 Å². The monoisotopic (exact) mass is 330 g/mol. The lowest BCUT2D eigenvalue weighted by atomic mass is 9.98. The Kier molecular flexibility index (Phi) is 5.07. The van der Waals surface area contributed by atoms with Crippen LogP contribution in [0.15, 0.2) is 42.0 Å². The molecule has 1 aliphatic carbocycles. The van der Waals surface area contributed by atoms with Crippen LogP contribution in [0.5, 0.6) is 0 Å². The fourth-order valence-corrected chi connectivity index (χ4v) is 3.73. The molecule has 3 atom stereocenters. The number of hydrogen-bond acceptors (Lipinski definition) is 4. The first-order valence-electron chi connectivity index (χ1n) is 8.70. The molecule has 1 saturated heterocycles. The third-order valence-corrected chi connectivity index (χ3v) is 4.74. The third-order valence-electron chi connectivity index (χ3n) is 4.74. The summed E-state index contributed by atoms with van der Waals surface area (Å²) in [6.45, 7) is 6.30. The lowest BCUT2D eigenvalue weighted by Crippen LogP contribution is -2.24. The lowest BCUT2D eigenvalue weighted by molar-refractivity contribution is -0.151. The summed E-state index contributed by atoms with van der Waals surface area (Å²) in [5.41, 5.74) is 2.35. The highest BCUT2D eigenvalue weighted by Gasteiger charge is 2.50. The van der Waals surface area contributed by atoms with Crippen molar-refractivity contribution in [2.24, 2.45) is 5.92 Å². The molecule has 1 aliphatic heterocycles. The van der Waals surface area contributed by atoms with Crippen molar-refractivity contribution in [3.63, 3.8) is 0 Å². The molecular formula is C20H26O4. The van der Waals surface area contributed by atoms with Gasteiger partial charge < -0.3 is 14.2 Å². The van der Waals surface area contributed by atoms with Crippen molar-refractivity contribution in [1.82, 2.24) is 0 Å². The van der Waals surface area contributed by atoms with E-state index in [-0.39, 0.29) is 24.1 Å². The number of esters is 1. The van der Waals surface area contributed by atoms with Crippen LogP contribution >= 0.6 is 0 Å². The number of rotatable bonds is 5. The first kappa shape index (κ1) is 17.2. The van der Waals surface area contributed by atoms with Gasteiger partial charge in [0.1, 0.15) is 6.10 Å². The highest BCUT2D eigenvalue weighted by molar-refractivity contribution is 5.70. The molecule has 0 N–H and O–H groups in total. The van der Waals surface area contributed by atoms with Crippen LogP contribution in [0.25, 0.3) is 0 Å². The average molecular weight is 330 g/mol. The van der Waals surface area contributed by atoms with E-state index in [2.05, 4.69) is 6.08 Å². The summed E-state index contributed by atoms with van der Waals surface area (Å²) in [6, 6.07) is 10.1. The molecular weight excluding hydrogens is 304 g/mol. The summed E-state index contributed by atoms with van der Waals surface area (Å²) in [5.74, 6) is -0.523. The standard InChI is InChI=1S/C20H26O4/c1-4-16-15(12-17-19(16)24-20(2,3)23-17)13-18(21)22-11-10-14-8-6-5-7-9-14/h4-9,15,17,19H,10-13H2,1-3H3/b16-4+/t15-,17+,19-/m0/s1. The van der Waals surface area contributed by atoms with Gasteiger partial charge in [0.05, 0.1) is 19.1 Å². The van der Waals surface area contributed by atoms with E-state index in [0.29, 0.717) is 13.0 Å². The number of carbonyl (C=O) groups is 1. The minimum absolute atomic E-state index is 0.0212. The zero-order valence-electron chi connectivity index (χ0n) is 14.7. The molecule has 2 aliphatic rings. The first-order valence-corrected chi connectivity index (χ1v) is 8.70. The fourth-order valence-electron chi connectivity index (χ4n) is 3.73. The van der Waals surface area contributed by atoms with Gasteiger partial charge in [0, 0.05) is 6.42 Å². The minimum atomic E-state index is -0.537. The summed E-state index contributed by atoms with van der Waals surface area (Å²) in [4.78, 5) is 12.2. The summed E-state index contributed by atoms with van der Waals surface area (Å²) < 4.78 is 17.3. The summed E-state index contributed by atoms with van der Waals surface area (Å²) >= 11 is 0. The Morgan fingerprint density at radius 2 is 2.04 bits per heavy atom. The maximum Gasteiger partial charge on any atom is 0.306 e. The molecule has 0 spiro atoms. The average Bonchev–Trinajstić information content (AvgIpc) is 2.99. The van der Waals surface area contributed by atoms with Gasteiger partial charge in [0.25, 0.3) is 0 Å². The van der Waals surface area contributed by atoms with Crippen LogP contribution in [0.3, 0.4) is 0 Å². The summed E-state index contributed by atoms with van der Waals surface area (Å²) in [6.07, 6.45) is 4.06. The molecule has 1 aromatic carbocycles. The van der Waals surface area contributed by atoms with Crippen LogP contribution in [-0.2, 0) is 25.4 Å². The van der Waals surface area contributed by atoms with Gasteiger partial charge in [0.2, 0.25) is 0 Å². The Morgan fingerprint density at radius 3 is 2.75 bits per heavy atom. The van der Waals surface area contributed by atoms with Crippen molar-refractivity contribution >= 4 is 5.97 Å². The molecule has 0 unspecified atom stereocenters. The Labute approximate surface area is 143 Å². The van der Waals surface area contributed by atoms with Crippen LogP contribution in [0.1, 0.15) is 39.2 Å². The fraction of sp³-hybridized carbons (Fsp3) is 0.550. The van der Waals surface area contributed by atoms with Gasteiger partial charge in [-0.25, -0.2) is 0 Å². The Bertz CT molecular complexity index is 605. The number of carbonyl (C=O) groups excluding carboxylic acids is 1. The molecule has 4 heteroatoms. The minimum Gasteiger partial charge on any atom is -0.465 e. The molecule has 3 rings (SSSR count).